The average molecular weight is 379 g/mol. The Morgan fingerprint density at radius 1 is 1.30 bits per heavy atom. The first-order chi connectivity index (χ1) is 13.2. The van der Waals surface area contributed by atoms with E-state index in [-0.39, 0.29) is 5.78 Å². The maximum Gasteiger partial charge on any atom is 0.232 e. The highest BCUT2D eigenvalue weighted by molar-refractivity contribution is 7.10. The number of ketones is 1. The summed E-state index contributed by atoms with van der Waals surface area (Å²) in [6, 6.07) is 9.67. The fourth-order valence-electron chi connectivity index (χ4n) is 3.50. The van der Waals surface area contributed by atoms with Crippen LogP contribution in [0.1, 0.15) is 32.1 Å². The third kappa shape index (κ3) is 2.87. The van der Waals surface area contributed by atoms with Crippen LogP contribution in [0.25, 0.3) is 6.08 Å². The molecule has 0 fully saturated rings. The number of carbonyl (C=O) groups is 1. The molecule has 0 aliphatic carbocycles. The summed E-state index contributed by atoms with van der Waals surface area (Å²) < 4.78 is 17.4. The summed E-state index contributed by atoms with van der Waals surface area (Å²) in [5.74, 6) is 2.59. The molecule has 5 nitrogen and oxygen atoms in total. The number of aryl methyl sites for hydroxylation is 1. The smallest absolute Gasteiger partial charge is 0.232 e. The minimum atomic E-state index is -0.0677. The molecule has 2 aliphatic rings. The first-order valence-electron chi connectivity index (χ1n) is 8.71. The van der Waals surface area contributed by atoms with E-state index in [1.54, 1.807) is 17.6 Å². The zero-order chi connectivity index (χ0) is 18.4. The first-order valence-corrected chi connectivity index (χ1v) is 9.59. The van der Waals surface area contributed by atoms with Crippen molar-refractivity contribution in [1.82, 2.24) is 4.90 Å². The number of thiophene rings is 1. The molecule has 5 rings (SSSR count). The van der Waals surface area contributed by atoms with Gasteiger partial charge in [0.25, 0.3) is 0 Å². The summed E-state index contributed by atoms with van der Waals surface area (Å²) in [5, 5.41) is 1.98. The number of hydrogen-bond acceptors (Lipinski definition) is 6. The van der Waals surface area contributed by atoms with Crippen molar-refractivity contribution in [2.45, 2.75) is 20.0 Å². The summed E-state index contributed by atoms with van der Waals surface area (Å²) in [6.07, 6.45) is 3.47. The van der Waals surface area contributed by atoms with E-state index in [0.29, 0.717) is 36.9 Å². The van der Waals surface area contributed by atoms with Crippen molar-refractivity contribution in [3.05, 3.63) is 75.1 Å². The van der Waals surface area contributed by atoms with Crippen molar-refractivity contribution in [3.8, 4) is 11.5 Å². The molecule has 0 unspecified atom stereocenters. The first kappa shape index (κ1) is 16.4. The van der Waals surface area contributed by atoms with E-state index in [0.717, 1.165) is 27.5 Å². The molecule has 27 heavy (non-hydrogen) atoms. The Labute approximate surface area is 160 Å². The third-order valence-electron chi connectivity index (χ3n) is 4.76. The number of hydrogen-bond donors (Lipinski definition) is 0. The zero-order valence-corrected chi connectivity index (χ0v) is 15.5. The number of furan rings is 1. The molecule has 4 heterocycles. The highest BCUT2D eigenvalue weighted by atomic mass is 32.1. The topological polar surface area (TPSA) is 51.9 Å². The van der Waals surface area contributed by atoms with Gasteiger partial charge in [0.15, 0.2) is 5.76 Å². The van der Waals surface area contributed by atoms with Gasteiger partial charge in [-0.1, -0.05) is 6.07 Å². The Morgan fingerprint density at radius 2 is 2.22 bits per heavy atom. The summed E-state index contributed by atoms with van der Waals surface area (Å²) in [7, 11) is 0. The maximum absolute atomic E-state index is 12.9. The number of nitrogens with zero attached hydrogens (tertiary/aromatic N) is 1. The molecule has 1 aromatic carbocycles. The molecule has 0 saturated heterocycles. The SMILES string of the molecule is Cc1cc2c(c3c1C(=O)/C(=C/c1cccs1)O3)CN(Cc1ccco1)CO2. The highest BCUT2D eigenvalue weighted by Gasteiger charge is 2.35. The number of ether oxygens (including phenoxy) is 2. The van der Waals surface area contributed by atoms with Crippen molar-refractivity contribution in [2.75, 3.05) is 6.73 Å². The molecule has 0 saturated carbocycles. The summed E-state index contributed by atoms with van der Waals surface area (Å²) >= 11 is 1.57. The fraction of sp³-hybridized carbons (Fsp3) is 0.190. The van der Waals surface area contributed by atoms with Crippen LogP contribution in [0.4, 0.5) is 0 Å². The molecule has 0 N–H and O–H groups in total. The largest absolute Gasteiger partial charge is 0.478 e. The van der Waals surface area contributed by atoms with E-state index in [4.69, 9.17) is 13.9 Å². The standard InChI is InChI=1S/C21H17NO4S/c1-13-8-17-16(11-22(12-25-17)10-14-4-2-6-24-14)21-19(13)20(23)18(26-21)9-15-5-3-7-27-15/h2-9H,10-12H2,1H3/b18-9-. The van der Waals surface area contributed by atoms with Gasteiger partial charge in [-0.15, -0.1) is 11.3 Å². The van der Waals surface area contributed by atoms with E-state index in [2.05, 4.69) is 4.90 Å². The number of rotatable bonds is 3. The lowest BCUT2D eigenvalue weighted by Gasteiger charge is -2.29. The van der Waals surface area contributed by atoms with Gasteiger partial charge in [-0.3, -0.25) is 9.69 Å². The number of allylic oxidation sites excluding steroid dienone is 1. The molecule has 0 amide bonds. The average Bonchev–Trinajstić information content (AvgIpc) is 3.40. The molecular weight excluding hydrogens is 362 g/mol. The normalized spacial score (nSPS) is 17.5. The van der Waals surface area contributed by atoms with Crippen LogP contribution in [-0.2, 0) is 13.1 Å². The van der Waals surface area contributed by atoms with Gasteiger partial charge in [0.2, 0.25) is 5.78 Å². The van der Waals surface area contributed by atoms with Crippen molar-refractivity contribution < 1.29 is 18.7 Å². The van der Waals surface area contributed by atoms with Crippen LogP contribution in [0, 0.1) is 6.92 Å². The van der Waals surface area contributed by atoms with Crippen LogP contribution in [0.5, 0.6) is 11.5 Å². The second-order valence-electron chi connectivity index (χ2n) is 6.67. The maximum atomic E-state index is 12.9. The number of carbonyl (C=O) groups excluding carboxylic acids is 1. The van der Waals surface area contributed by atoms with Crippen molar-refractivity contribution in [3.63, 3.8) is 0 Å². The summed E-state index contributed by atoms with van der Waals surface area (Å²) in [5.41, 5.74) is 2.43. The van der Waals surface area contributed by atoms with Gasteiger partial charge in [-0.25, -0.2) is 0 Å². The van der Waals surface area contributed by atoms with E-state index in [1.807, 2.05) is 48.7 Å². The number of fused-ring (bicyclic) bond motifs is 3. The van der Waals surface area contributed by atoms with Gasteiger partial charge in [0.1, 0.15) is 24.0 Å². The minimum Gasteiger partial charge on any atom is -0.478 e. The lowest BCUT2D eigenvalue weighted by atomic mass is 9.99. The van der Waals surface area contributed by atoms with Gasteiger partial charge in [-0.2, -0.15) is 0 Å². The van der Waals surface area contributed by atoms with Gasteiger partial charge in [0.05, 0.1) is 23.9 Å². The Bertz CT molecular complexity index is 1030. The zero-order valence-electron chi connectivity index (χ0n) is 14.7. The number of Topliss-reactive ketones (excluding diaryl/α,β-unsaturated/α-hetero) is 1. The van der Waals surface area contributed by atoms with E-state index in [9.17, 15) is 4.79 Å². The van der Waals surface area contributed by atoms with Gasteiger partial charge in [-0.05, 0) is 42.1 Å². The number of benzene rings is 1. The van der Waals surface area contributed by atoms with E-state index < -0.39 is 0 Å². The summed E-state index contributed by atoms with van der Waals surface area (Å²) in [6.45, 7) is 3.67. The monoisotopic (exact) mass is 379 g/mol. The van der Waals surface area contributed by atoms with Gasteiger partial charge < -0.3 is 13.9 Å². The van der Waals surface area contributed by atoms with Crippen LogP contribution in [0.2, 0.25) is 0 Å². The third-order valence-corrected chi connectivity index (χ3v) is 5.58. The molecule has 136 valence electrons. The molecule has 0 spiro atoms. The van der Waals surface area contributed by atoms with Crippen molar-refractivity contribution in [1.29, 1.82) is 0 Å². The van der Waals surface area contributed by atoms with Crippen LogP contribution in [0.15, 0.2) is 52.2 Å². The Kier molecular flexibility index (Phi) is 3.88. The molecule has 2 aromatic heterocycles. The molecule has 6 heteroatoms. The molecule has 0 radical (unpaired) electrons. The second-order valence-corrected chi connectivity index (χ2v) is 7.65. The second kappa shape index (κ2) is 6.40. The highest BCUT2D eigenvalue weighted by Crippen LogP contribution is 2.44. The Morgan fingerprint density at radius 3 is 3.00 bits per heavy atom. The Hall–Kier alpha value is -2.83. The molecule has 2 aliphatic heterocycles. The van der Waals surface area contributed by atoms with Crippen molar-refractivity contribution >= 4 is 23.2 Å². The molecule has 0 atom stereocenters. The Balaban J connectivity index is 1.50. The van der Waals surface area contributed by atoms with E-state index >= 15 is 0 Å². The van der Waals surface area contributed by atoms with Crippen LogP contribution < -0.4 is 9.47 Å². The lowest BCUT2D eigenvalue weighted by molar-refractivity contribution is 0.0809. The van der Waals surface area contributed by atoms with Crippen LogP contribution in [0.3, 0.4) is 0 Å². The van der Waals surface area contributed by atoms with Crippen LogP contribution >= 0.6 is 11.3 Å². The minimum absolute atomic E-state index is 0.0677. The predicted molar refractivity (Wildman–Crippen MR) is 102 cm³/mol. The van der Waals surface area contributed by atoms with Crippen molar-refractivity contribution in [2.24, 2.45) is 0 Å². The molecular formula is C21H17NO4S. The van der Waals surface area contributed by atoms with Gasteiger partial charge in [0, 0.05) is 17.5 Å². The summed E-state index contributed by atoms with van der Waals surface area (Å²) in [4.78, 5) is 16.0. The van der Waals surface area contributed by atoms with Crippen LogP contribution in [-0.4, -0.2) is 17.4 Å². The predicted octanol–water partition coefficient (Wildman–Crippen LogP) is 4.62. The quantitative estimate of drug-likeness (QED) is 0.622. The molecule has 3 aromatic rings. The van der Waals surface area contributed by atoms with E-state index in [1.165, 1.54) is 0 Å². The molecule has 0 bridgehead atoms. The lowest BCUT2D eigenvalue weighted by Crippen LogP contribution is -2.31. The fourth-order valence-corrected chi connectivity index (χ4v) is 4.15. The van der Waals surface area contributed by atoms with Gasteiger partial charge >= 0.3 is 0 Å².